The SMILES string of the molecule is [CH2-]CN(CCCCCC)CCCCCCCC(=O)OC1CCCCCC[I-]CCCCC1.[Ho]. The molecule has 1 radical (unpaired) electrons. The second-order valence-corrected chi connectivity index (χ2v) is 12.9. The molecule has 3 nitrogen and oxygen atoms in total. The van der Waals surface area contributed by atoms with Gasteiger partial charge in [-0.2, -0.15) is 0 Å². The van der Waals surface area contributed by atoms with Crippen LogP contribution in [0.15, 0.2) is 0 Å². The van der Waals surface area contributed by atoms with E-state index in [0.717, 1.165) is 32.2 Å². The van der Waals surface area contributed by atoms with Crippen molar-refractivity contribution >= 4 is 5.97 Å². The molecule has 0 aromatic rings. The second-order valence-electron chi connectivity index (χ2n) is 9.65. The number of hydrogen-bond donors (Lipinski definition) is 0. The van der Waals surface area contributed by atoms with Crippen LogP contribution in [0.3, 0.4) is 0 Å². The van der Waals surface area contributed by atoms with Crippen molar-refractivity contribution in [3.63, 3.8) is 0 Å². The van der Waals surface area contributed by atoms with Crippen molar-refractivity contribution in [2.45, 2.75) is 135 Å². The molecule has 33 heavy (non-hydrogen) atoms. The number of ether oxygens (including phenoxy) is 1. The van der Waals surface area contributed by atoms with E-state index in [-0.39, 0.29) is 49.8 Å². The van der Waals surface area contributed by atoms with Crippen molar-refractivity contribution in [3.05, 3.63) is 6.92 Å². The van der Waals surface area contributed by atoms with Gasteiger partial charge >= 0.3 is 135 Å². The molecule has 0 aliphatic carbocycles. The van der Waals surface area contributed by atoms with E-state index in [4.69, 9.17) is 4.74 Å². The first-order valence-electron chi connectivity index (χ1n) is 14.0. The molecule has 1 fully saturated rings. The van der Waals surface area contributed by atoms with Gasteiger partial charge in [0.15, 0.2) is 0 Å². The zero-order chi connectivity index (χ0) is 23.1. The van der Waals surface area contributed by atoms with E-state index in [1.54, 1.807) is 0 Å². The average molecular weight is 729 g/mol. The minimum atomic E-state index is 0. The first-order valence-corrected chi connectivity index (χ1v) is 17.1. The van der Waals surface area contributed by atoms with Gasteiger partial charge in [0.05, 0.1) is 0 Å². The van der Waals surface area contributed by atoms with Crippen molar-refractivity contribution in [2.75, 3.05) is 28.5 Å². The maximum atomic E-state index is 12.4. The molecule has 0 aromatic carbocycles. The number of carbonyl (C=O) groups excluding carboxylic acids is 1. The Balaban J connectivity index is 0.0000102. The summed E-state index contributed by atoms with van der Waals surface area (Å²) in [5, 5.41) is 0. The smallest absolute Gasteiger partial charge is 0 e. The molecule has 1 atom stereocenters. The first kappa shape index (κ1) is 34.4. The van der Waals surface area contributed by atoms with Gasteiger partial charge in [-0.05, 0) is 25.9 Å². The molecule has 1 unspecified atom stereocenters. The molecule has 203 valence electrons. The predicted octanol–water partition coefficient (Wildman–Crippen LogP) is 4.57. The summed E-state index contributed by atoms with van der Waals surface area (Å²) in [4.78, 5) is 14.9. The van der Waals surface area contributed by atoms with Crippen LogP contribution in [0.25, 0.3) is 0 Å². The van der Waals surface area contributed by atoms with Crippen molar-refractivity contribution < 1.29 is 68.5 Å². The zero-order valence-corrected chi connectivity index (χ0v) is 25.8. The van der Waals surface area contributed by atoms with Crippen LogP contribution >= 0.6 is 0 Å². The van der Waals surface area contributed by atoms with Crippen LogP contribution in [0.4, 0.5) is 0 Å². The fourth-order valence-electron chi connectivity index (χ4n) is 4.49. The average Bonchev–Trinajstić information content (AvgIpc) is 2.82. The Labute approximate surface area is 247 Å². The Morgan fingerprint density at radius 3 is 2.00 bits per heavy atom. The van der Waals surface area contributed by atoms with Gasteiger partial charge in [0, 0.05) is 37.7 Å². The molecule has 1 aliphatic rings. The van der Waals surface area contributed by atoms with E-state index in [1.165, 1.54) is 112 Å². The minimum absolute atomic E-state index is 0. The van der Waals surface area contributed by atoms with Gasteiger partial charge in [0.1, 0.15) is 0 Å². The standard InChI is InChI=1S/C28H54INO2.Ho/c1-3-5-6-18-25-30(4-2)26-19-11-7-8-15-22-28(31)32-27-20-13-9-10-16-23-29-24-17-12-14-21-27;/h27H,2-26H2,1H3;/q-2;. The monoisotopic (exact) mass is 728 g/mol. The quantitative estimate of drug-likeness (QED) is 0.0619. The normalized spacial score (nSPS) is 18.8. The molecule has 0 saturated carbocycles. The molecular formula is C28H54HoINO2-2. The van der Waals surface area contributed by atoms with Gasteiger partial charge in [-0.1, -0.05) is 32.6 Å². The first-order chi connectivity index (χ1) is 15.8. The molecule has 0 N–H and O–H groups in total. The number of carbonyl (C=O) groups is 1. The van der Waals surface area contributed by atoms with Gasteiger partial charge in [-0.3, -0.25) is 0 Å². The maximum absolute atomic E-state index is 12.4. The number of unbranched alkanes of at least 4 members (excludes halogenated alkanes) is 7. The molecule has 0 spiro atoms. The fourth-order valence-corrected chi connectivity index (χ4v) is 7.18. The molecule has 0 amide bonds. The van der Waals surface area contributed by atoms with Crippen LogP contribution in [-0.2, 0) is 9.53 Å². The second kappa shape index (κ2) is 26.5. The Hall–Kier alpha value is 1.42. The van der Waals surface area contributed by atoms with Crippen molar-refractivity contribution in [2.24, 2.45) is 0 Å². The Morgan fingerprint density at radius 1 is 0.818 bits per heavy atom. The third kappa shape index (κ3) is 22.4. The van der Waals surface area contributed by atoms with Gasteiger partial charge in [-0.15, -0.1) is 6.54 Å². The van der Waals surface area contributed by atoms with Crippen molar-refractivity contribution in [1.82, 2.24) is 4.90 Å². The van der Waals surface area contributed by atoms with Crippen LogP contribution in [-0.4, -0.2) is 45.5 Å². The van der Waals surface area contributed by atoms with Gasteiger partial charge in [0.25, 0.3) is 0 Å². The van der Waals surface area contributed by atoms with E-state index in [9.17, 15) is 4.79 Å². The van der Waals surface area contributed by atoms with Crippen LogP contribution in [0.1, 0.15) is 129 Å². The number of alkyl halides is 2. The summed E-state index contributed by atoms with van der Waals surface area (Å²) >= 11 is 0.471. The number of hydrogen-bond acceptors (Lipinski definition) is 3. The Bertz CT molecular complexity index is 411. The largest absolute Gasteiger partial charge is 0 e. The van der Waals surface area contributed by atoms with E-state index in [2.05, 4.69) is 18.7 Å². The summed E-state index contributed by atoms with van der Waals surface area (Å²) in [6.07, 6.45) is 23.6. The zero-order valence-electron chi connectivity index (χ0n) is 21.7. The number of rotatable bonds is 15. The van der Waals surface area contributed by atoms with E-state index in [0.29, 0.717) is 27.6 Å². The molecule has 0 aromatic heterocycles. The van der Waals surface area contributed by atoms with Gasteiger partial charge < -0.3 is 11.8 Å². The van der Waals surface area contributed by atoms with Crippen LogP contribution in [0, 0.1) is 44.7 Å². The number of nitrogens with zero attached hydrogens (tertiary/aromatic N) is 1. The van der Waals surface area contributed by atoms with E-state index in [1.807, 2.05) is 0 Å². The molecule has 0 bridgehead atoms. The van der Waals surface area contributed by atoms with E-state index >= 15 is 0 Å². The Kier molecular flexibility index (Phi) is 27.6. The van der Waals surface area contributed by atoms with Gasteiger partial charge in [-0.25, -0.2) is 0 Å². The molecule has 1 rings (SSSR count). The summed E-state index contributed by atoms with van der Waals surface area (Å²) in [6.45, 7) is 9.68. The predicted molar refractivity (Wildman–Crippen MR) is 135 cm³/mol. The third-order valence-electron chi connectivity index (χ3n) is 6.63. The summed E-state index contributed by atoms with van der Waals surface area (Å²) in [5.41, 5.74) is 0. The fraction of sp³-hybridized carbons (Fsp3) is 0.929. The molecule has 1 heterocycles. The summed E-state index contributed by atoms with van der Waals surface area (Å²) in [6, 6.07) is 0. The third-order valence-corrected chi connectivity index (χ3v) is 9.69. The minimum Gasteiger partial charge on any atom is 0 e. The molecule has 5 heteroatoms. The molecule has 1 saturated heterocycles. The van der Waals surface area contributed by atoms with E-state index < -0.39 is 0 Å². The summed E-state index contributed by atoms with van der Waals surface area (Å²) < 4.78 is 8.92. The topological polar surface area (TPSA) is 29.5 Å². The van der Waals surface area contributed by atoms with Crippen LogP contribution < -0.4 is 21.2 Å². The van der Waals surface area contributed by atoms with Crippen LogP contribution in [0.5, 0.6) is 0 Å². The van der Waals surface area contributed by atoms with Gasteiger partial charge in [0.2, 0.25) is 0 Å². The number of esters is 1. The molecular weight excluding hydrogens is 674 g/mol. The van der Waals surface area contributed by atoms with Crippen molar-refractivity contribution in [3.8, 4) is 0 Å². The maximum Gasteiger partial charge on any atom is 0 e. The Morgan fingerprint density at radius 2 is 1.36 bits per heavy atom. The van der Waals surface area contributed by atoms with Crippen molar-refractivity contribution in [1.29, 1.82) is 0 Å². The summed E-state index contributed by atoms with van der Waals surface area (Å²) in [7, 11) is 0. The van der Waals surface area contributed by atoms with Crippen LogP contribution in [0.2, 0.25) is 0 Å². The number of halogens is 1. The molecule has 1 aliphatic heterocycles. The summed E-state index contributed by atoms with van der Waals surface area (Å²) in [5.74, 6) is 0.0560.